The molecule has 0 bridgehead atoms. The van der Waals surface area contributed by atoms with Crippen LogP contribution >= 0.6 is 0 Å². The number of benzene rings is 1. The molecule has 0 saturated carbocycles. The van der Waals surface area contributed by atoms with Crippen molar-refractivity contribution < 1.29 is 0 Å². The molecule has 0 spiro atoms. The van der Waals surface area contributed by atoms with E-state index in [2.05, 4.69) is 34.8 Å². The molecule has 0 radical (unpaired) electrons. The number of aryl methyl sites for hydroxylation is 3. The van der Waals surface area contributed by atoms with E-state index in [0.29, 0.717) is 5.82 Å². The lowest BCUT2D eigenvalue weighted by molar-refractivity contribution is 0.528. The van der Waals surface area contributed by atoms with Gasteiger partial charge in [0.1, 0.15) is 11.6 Å². The number of hydrogen-bond acceptors (Lipinski definition) is 3. The second-order valence-electron chi connectivity index (χ2n) is 4.92. The van der Waals surface area contributed by atoms with Crippen LogP contribution in [0.5, 0.6) is 0 Å². The van der Waals surface area contributed by atoms with E-state index in [1.54, 1.807) is 0 Å². The van der Waals surface area contributed by atoms with Gasteiger partial charge < -0.3 is 10.3 Å². The number of aromatic nitrogens is 4. The van der Waals surface area contributed by atoms with Gasteiger partial charge in [-0.05, 0) is 24.6 Å². The van der Waals surface area contributed by atoms with E-state index >= 15 is 0 Å². The number of nitrogens with two attached hydrogens (primary N) is 1. The van der Waals surface area contributed by atoms with E-state index in [1.165, 1.54) is 5.52 Å². The van der Waals surface area contributed by atoms with Crippen molar-refractivity contribution in [3.63, 3.8) is 0 Å². The van der Waals surface area contributed by atoms with Crippen LogP contribution in [0.2, 0.25) is 0 Å². The molecule has 0 aliphatic carbocycles. The van der Waals surface area contributed by atoms with Gasteiger partial charge in [0.15, 0.2) is 0 Å². The van der Waals surface area contributed by atoms with Crippen molar-refractivity contribution in [3.05, 3.63) is 42.4 Å². The smallest absolute Gasteiger partial charge is 0.145 e. The lowest BCUT2D eigenvalue weighted by atomic mass is 10.3. The molecule has 5 heteroatoms. The number of hydrogen-bond donors (Lipinski definition) is 1. The van der Waals surface area contributed by atoms with Crippen molar-refractivity contribution in [3.8, 4) is 0 Å². The summed E-state index contributed by atoms with van der Waals surface area (Å²) in [4.78, 5) is 4.73. The quantitative estimate of drug-likeness (QED) is 0.774. The highest BCUT2D eigenvalue weighted by molar-refractivity contribution is 5.75. The van der Waals surface area contributed by atoms with E-state index in [1.807, 2.05) is 23.0 Å². The number of nitrogen functional groups attached to an aromatic ring is 1. The van der Waals surface area contributed by atoms with E-state index < -0.39 is 0 Å². The first-order valence-corrected chi connectivity index (χ1v) is 7.01. The first-order chi connectivity index (χ1) is 9.78. The number of para-hydroxylation sites is 2. The second kappa shape index (κ2) is 5.36. The van der Waals surface area contributed by atoms with Crippen molar-refractivity contribution >= 4 is 16.9 Å². The molecule has 20 heavy (non-hydrogen) atoms. The average molecular weight is 269 g/mol. The van der Waals surface area contributed by atoms with Gasteiger partial charge in [-0.3, -0.25) is 4.68 Å². The molecule has 0 aliphatic rings. The van der Waals surface area contributed by atoms with Crippen LogP contribution in [-0.2, 0) is 19.5 Å². The Morgan fingerprint density at radius 3 is 2.75 bits per heavy atom. The highest BCUT2D eigenvalue weighted by atomic mass is 15.3. The van der Waals surface area contributed by atoms with Gasteiger partial charge in [0.05, 0.1) is 17.6 Å². The topological polar surface area (TPSA) is 61.7 Å². The zero-order valence-electron chi connectivity index (χ0n) is 11.7. The second-order valence-corrected chi connectivity index (χ2v) is 4.92. The molecule has 104 valence electrons. The van der Waals surface area contributed by atoms with Gasteiger partial charge in [-0.25, -0.2) is 4.98 Å². The summed E-state index contributed by atoms with van der Waals surface area (Å²) in [6.07, 6.45) is 4.00. The Kier molecular flexibility index (Phi) is 3.41. The van der Waals surface area contributed by atoms with Gasteiger partial charge in [0, 0.05) is 19.2 Å². The molecule has 5 nitrogen and oxygen atoms in total. The minimum atomic E-state index is 0.564. The van der Waals surface area contributed by atoms with Crippen molar-refractivity contribution in [2.24, 2.45) is 0 Å². The number of fused-ring (bicyclic) bond motifs is 1. The van der Waals surface area contributed by atoms with Crippen LogP contribution in [-0.4, -0.2) is 19.3 Å². The van der Waals surface area contributed by atoms with Gasteiger partial charge in [-0.2, -0.15) is 5.10 Å². The Labute approximate surface area is 118 Å². The standard InChI is InChI=1S/C15H19N5/c1-2-5-15-17-12-6-3-4-7-13(12)20(15)11-10-19-9-8-14(16)18-19/h3-4,6-9H,2,5,10-11H2,1H3,(H2,16,18). The highest BCUT2D eigenvalue weighted by Gasteiger charge is 2.09. The van der Waals surface area contributed by atoms with Crippen molar-refractivity contribution in [1.29, 1.82) is 0 Å². The van der Waals surface area contributed by atoms with Crippen LogP contribution in [0.4, 0.5) is 5.82 Å². The lowest BCUT2D eigenvalue weighted by Crippen LogP contribution is -2.11. The lowest BCUT2D eigenvalue weighted by Gasteiger charge is -2.08. The summed E-state index contributed by atoms with van der Waals surface area (Å²) in [6.45, 7) is 3.84. The molecule has 0 unspecified atom stereocenters. The van der Waals surface area contributed by atoms with Crippen molar-refractivity contribution in [2.45, 2.75) is 32.9 Å². The van der Waals surface area contributed by atoms with Gasteiger partial charge >= 0.3 is 0 Å². The van der Waals surface area contributed by atoms with E-state index in [4.69, 9.17) is 10.7 Å². The Morgan fingerprint density at radius 1 is 1.15 bits per heavy atom. The number of anilines is 1. The molecule has 0 fully saturated rings. The number of rotatable bonds is 5. The van der Waals surface area contributed by atoms with Crippen LogP contribution in [0, 0.1) is 0 Å². The summed E-state index contributed by atoms with van der Waals surface area (Å²) in [5, 5.41) is 4.23. The van der Waals surface area contributed by atoms with Gasteiger partial charge in [-0.15, -0.1) is 0 Å². The van der Waals surface area contributed by atoms with Crippen LogP contribution in [0.3, 0.4) is 0 Å². The fourth-order valence-corrected chi connectivity index (χ4v) is 2.49. The van der Waals surface area contributed by atoms with Crippen LogP contribution in [0.25, 0.3) is 11.0 Å². The van der Waals surface area contributed by atoms with Gasteiger partial charge in [0.25, 0.3) is 0 Å². The predicted octanol–water partition coefficient (Wildman–Crippen LogP) is 2.47. The molecule has 0 saturated heterocycles. The predicted molar refractivity (Wildman–Crippen MR) is 80.4 cm³/mol. The summed E-state index contributed by atoms with van der Waals surface area (Å²) in [5.41, 5.74) is 7.90. The van der Waals surface area contributed by atoms with Gasteiger partial charge in [-0.1, -0.05) is 19.1 Å². The Hall–Kier alpha value is -2.30. The van der Waals surface area contributed by atoms with Gasteiger partial charge in [0.2, 0.25) is 0 Å². The summed E-state index contributed by atoms with van der Waals surface area (Å²) >= 11 is 0. The maximum Gasteiger partial charge on any atom is 0.145 e. The fourth-order valence-electron chi connectivity index (χ4n) is 2.49. The SMILES string of the molecule is CCCc1nc2ccccc2n1CCn1ccc(N)n1. The zero-order valence-corrected chi connectivity index (χ0v) is 11.7. The molecule has 0 atom stereocenters. The summed E-state index contributed by atoms with van der Waals surface area (Å²) in [7, 11) is 0. The molecule has 3 aromatic rings. The van der Waals surface area contributed by atoms with Crippen LogP contribution in [0.15, 0.2) is 36.5 Å². The first kappa shape index (κ1) is 12.7. The Morgan fingerprint density at radius 2 is 2.00 bits per heavy atom. The zero-order chi connectivity index (χ0) is 13.9. The van der Waals surface area contributed by atoms with E-state index in [0.717, 1.165) is 37.3 Å². The maximum atomic E-state index is 5.64. The Bertz CT molecular complexity index is 710. The monoisotopic (exact) mass is 269 g/mol. The largest absolute Gasteiger partial charge is 0.382 e. The minimum Gasteiger partial charge on any atom is -0.382 e. The normalized spacial score (nSPS) is 11.2. The molecule has 2 heterocycles. The van der Waals surface area contributed by atoms with Crippen molar-refractivity contribution in [1.82, 2.24) is 19.3 Å². The maximum absolute atomic E-state index is 5.64. The Balaban J connectivity index is 1.90. The molecule has 2 N–H and O–H groups in total. The third kappa shape index (κ3) is 2.39. The fraction of sp³-hybridized carbons (Fsp3) is 0.333. The van der Waals surface area contributed by atoms with Crippen LogP contribution < -0.4 is 5.73 Å². The number of imidazole rings is 1. The van der Waals surface area contributed by atoms with E-state index in [9.17, 15) is 0 Å². The third-order valence-electron chi connectivity index (χ3n) is 3.42. The molecule has 1 aromatic carbocycles. The summed E-state index contributed by atoms with van der Waals surface area (Å²) < 4.78 is 4.16. The number of nitrogens with zero attached hydrogens (tertiary/aromatic N) is 4. The molecule has 0 amide bonds. The molecular formula is C15H19N5. The summed E-state index contributed by atoms with van der Waals surface area (Å²) in [6, 6.07) is 10.1. The van der Waals surface area contributed by atoms with Crippen molar-refractivity contribution in [2.75, 3.05) is 5.73 Å². The average Bonchev–Trinajstić information content (AvgIpc) is 3.00. The highest BCUT2D eigenvalue weighted by Crippen LogP contribution is 2.17. The third-order valence-corrected chi connectivity index (χ3v) is 3.42. The van der Waals surface area contributed by atoms with Crippen LogP contribution in [0.1, 0.15) is 19.2 Å². The molecule has 3 rings (SSSR count). The molecular weight excluding hydrogens is 250 g/mol. The first-order valence-electron chi connectivity index (χ1n) is 7.01. The molecule has 2 aromatic heterocycles. The molecule has 0 aliphatic heterocycles. The van der Waals surface area contributed by atoms with E-state index in [-0.39, 0.29) is 0 Å². The summed E-state index contributed by atoms with van der Waals surface area (Å²) in [5.74, 6) is 1.71. The minimum absolute atomic E-state index is 0.564.